The fourth-order valence-electron chi connectivity index (χ4n) is 3.95. The van der Waals surface area contributed by atoms with E-state index in [9.17, 15) is 4.39 Å². The van der Waals surface area contributed by atoms with Gasteiger partial charge in [0.15, 0.2) is 10.8 Å². The Morgan fingerprint density at radius 2 is 2.13 bits per heavy atom. The Kier molecular flexibility index (Phi) is 10.1. The van der Waals surface area contributed by atoms with Crippen LogP contribution in [0.25, 0.3) is 21.6 Å². The molecule has 1 aliphatic carbocycles. The van der Waals surface area contributed by atoms with Gasteiger partial charge in [0, 0.05) is 43.5 Å². The summed E-state index contributed by atoms with van der Waals surface area (Å²) in [5.74, 6) is 0.146. The number of anilines is 2. The summed E-state index contributed by atoms with van der Waals surface area (Å²) < 4.78 is 21.2. The molecular formula is C28H37ClFN7OS. The van der Waals surface area contributed by atoms with Crippen LogP contribution in [0.15, 0.2) is 35.0 Å². The van der Waals surface area contributed by atoms with Crippen LogP contribution in [0.1, 0.15) is 46.5 Å². The van der Waals surface area contributed by atoms with Crippen LogP contribution in [0, 0.1) is 5.82 Å². The fraction of sp³-hybridized carbons (Fsp3) is 0.500. The van der Waals surface area contributed by atoms with Gasteiger partial charge in [-0.05, 0) is 63.1 Å². The molecule has 1 unspecified atom stereocenters. The molecule has 3 aromatic rings. The van der Waals surface area contributed by atoms with Crippen molar-refractivity contribution >= 4 is 50.6 Å². The van der Waals surface area contributed by atoms with Crippen LogP contribution in [0.5, 0.6) is 0 Å². The second-order valence-electron chi connectivity index (χ2n) is 9.97. The lowest BCUT2D eigenvalue weighted by Gasteiger charge is -2.31. The van der Waals surface area contributed by atoms with E-state index in [1.54, 1.807) is 18.3 Å². The molecule has 2 N–H and O–H groups in total. The molecule has 1 atom stereocenters. The van der Waals surface area contributed by atoms with E-state index in [-0.39, 0.29) is 6.10 Å². The summed E-state index contributed by atoms with van der Waals surface area (Å²) in [6, 6.07) is 5.28. The van der Waals surface area contributed by atoms with Gasteiger partial charge in [0.05, 0.1) is 24.4 Å². The lowest BCUT2D eigenvalue weighted by molar-refractivity contribution is 0.0526. The third-order valence-electron chi connectivity index (χ3n) is 6.41. The Labute approximate surface area is 238 Å². The van der Waals surface area contributed by atoms with Gasteiger partial charge in [0.1, 0.15) is 10.5 Å². The number of aromatic nitrogens is 3. The summed E-state index contributed by atoms with van der Waals surface area (Å²) in [7, 11) is 2.02. The van der Waals surface area contributed by atoms with Crippen molar-refractivity contribution in [3.05, 3.63) is 40.8 Å². The first-order valence-corrected chi connectivity index (χ1v) is 14.6. The maximum atomic E-state index is 14.8. The maximum Gasteiger partial charge on any atom is 0.228 e. The minimum atomic E-state index is -0.405. The van der Waals surface area contributed by atoms with Crippen LogP contribution in [0.2, 0.25) is 5.02 Å². The van der Waals surface area contributed by atoms with Gasteiger partial charge in [-0.1, -0.05) is 36.3 Å². The smallest absolute Gasteiger partial charge is 0.228 e. The number of morpholine rings is 1. The standard InChI is InChI=1S/C21H25ClFN5OS.C7H12N2/c1-4-5-8-27(3)21-26-19-18(30-21)17(15-7-6-14(22)11-16(15)23)24-20(25-19)28-9-10-29-13(2)12-28;1-6(4-8)5-9-7-2-3-7/h6-7,11,13H,4-5,8-10,12H2,1-3H3;4-5,7H,2-3,8H2,1H3/b;6-4-,9-5?. The van der Waals surface area contributed by atoms with Crippen molar-refractivity contribution in [1.82, 2.24) is 15.0 Å². The quantitative estimate of drug-likeness (QED) is 0.326. The van der Waals surface area contributed by atoms with Gasteiger partial charge in [-0.3, -0.25) is 4.99 Å². The number of thiazole rings is 1. The molecule has 2 aliphatic rings. The van der Waals surface area contributed by atoms with Gasteiger partial charge >= 0.3 is 0 Å². The monoisotopic (exact) mass is 573 g/mol. The van der Waals surface area contributed by atoms with Crippen molar-refractivity contribution < 1.29 is 9.13 Å². The van der Waals surface area contributed by atoms with Crippen molar-refractivity contribution in [2.45, 2.75) is 58.6 Å². The van der Waals surface area contributed by atoms with Gasteiger partial charge in [-0.25, -0.2) is 9.37 Å². The third kappa shape index (κ3) is 7.86. The van der Waals surface area contributed by atoms with Crippen molar-refractivity contribution in [3.63, 3.8) is 0 Å². The number of ether oxygens (including phenoxy) is 1. The van der Waals surface area contributed by atoms with E-state index >= 15 is 0 Å². The third-order valence-corrected chi connectivity index (χ3v) is 7.81. The number of rotatable bonds is 8. The highest BCUT2D eigenvalue weighted by Crippen LogP contribution is 2.37. The van der Waals surface area contributed by atoms with Crippen molar-refractivity contribution in [2.24, 2.45) is 10.7 Å². The molecule has 0 amide bonds. The van der Waals surface area contributed by atoms with Crippen LogP contribution < -0.4 is 15.5 Å². The zero-order chi connectivity index (χ0) is 27.9. The number of halogens is 2. The van der Waals surface area contributed by atoms with Gasteiger partial charge in [0.2, 0.25) is 5.95 Å². The largest absolute Gasteiger partial charge is 0.404 e. The average Bonchev–Trinajstić information content (AvgIpc) is 3.66. The van der Waals surface area contributed by atoms with Crippen molar-refractivity contribution in [2.75, 3.05) is 43.1 Å². The molecule has 0 spiro atoms. The number of benzene rings is 1. The summed E-state index contributed by atoms with van der Waals surface area (Å²) in [5, 5.41) is 1.21. The predicted molar refractivity (Wildman–Crippen MR) is 161 cm³/mol. The molecule has 11 heteroatoms. The van der Waals surface area contributed by atoms with Crippen LogP contribution in [-0.2, 0) is 4.74 Å². The van der Waals surface area contributed by atoms with E-state index in [0.717, 1.165) is 34.8 Å². The van der Waals surface area contributed by atoms with Crippen LogP contribution >= 0.6 is 22.9 Å². The predicted octanol–water partition coefficient (Wildman–Crippen LogP) is 6.09. The molecule has 3 heterocycles. The van der Waals surface area contributed by atoms with E-state index in [0.29, 0.717) is 53.6 Å². The molecular weight excluding hydrogens is 537 g/mol. The zero-order valence-electron chi connectivity index (χ0n) is 23.0. The van der Waals surface area contributed by atoms with Crippen molar-refractivity contribution in [3.8, 4) is 11.3 Å². The number of hydrogen-bond acceptors (Lipinski definition) is 9. The molecule has 1 saturated carbocycles. The highest BCUT2D eigenvalue weighted by Gasteiger charge is 2.24. The molecule has 8 nitrogen and oxygen atoms in total. The number of hydrogen-bond donors (Lipinski definition) is 1. The summed E-state index contributed by atoms with van der Waals surface area (Å²) in [6.45, 7) is 9.01. The highest BCUT2D eigenvalue weighted by atomic mass is 35.5. The first-order chi connectivity index (χ1) is 18.8. The maximum absolute atomic E-state index is 14.8. The molecule has 1 aromatic carbocycles. The number of nitrogens with two attached hydrogens (primary N) is 1. The van der Waals surface area contributed by atoms with E-state index in [4.69, 9.17) is 37.0 Å². The second-order valence-corrected chi connectivity index (χ2v) is 11.4. The van der Waals surface area contributed by atoms with Gasteiger partial charge < -0.3 is 20.3 Å². The Morgan fingerprint density at radius 3 is 2.79 bits per heavy atom. The summed E-state index contributed by atoms with van der Waals surface area (Å²) >= 11 is 7.47. The molecule has 2 fully saturated rings. The molecule has 1 saturated heterocycles. The Balaban J connectivity index is 0.000000333. The summed E-state index contributed by atoms with van der Waals surface area (Å²) in [4.78, 5) is 22.7. The van der Waals surface area contributed by atoms with Gasteiger partial charge in [0.25, 0.3) is 0 Å². The Morgan fingerprint density at radius 1 is 1.33 bits per heavy atom. The molecule has 5 rings (SSSR count). The Bertz CT molecular complexity index is 1330. The SMILES string of the molecule is C/C(C=NC1CC1)=C/N.CCCCN(C)c1nc2nc(N3CCOC(C)C3)nc(-c3ccc(Cl)cc3F)c2s1. The number of fused-ring (bicyclic) bond motifs is 1. The first-order valence-electron chi connectivity index (χ1n) is 13.4. The normalized spacial score (nSPS) is 17.9. The summed E-state index contributed by atoms with van der Waals surface area (Å²) in [5.41, 5.74) is 7.81. The molecule has 39 heavy (non-hydrogen) atoms. The molecule has 2 aromatic heterocycles. The van der Waals surface area contributed by atoms with Crippen LogP contribution in [0.4, 0.5) is 15.5 Å². The molecule has 0 radical (unpaired) electrons. The lowest BCUT2D eigenvalue weighted by Crippen LogP contribution is -2.42. The average molecular weight is 574 g/mol. The van der Waals surface area contributed by atoms with E-state index in [1.165, 1.54) is 30.2 Å². The van der Waals surface area contributed by atoms with Crippen LogP contribution in [-0.4, -0.2) is 66.6 Å². The highest BCUT2D eigenvalue weighted by molar-refractivity contribution is 7.22. The first kappa shape index (κ1) is 29.2. The molecule has 210 valence electrons. The summed E-state index contributed by atoms with van der Waals surface area (Å²) in [6.07, 6.45) is 8.20. The van der Waals surface area contributed by atoms with E-state index in [2.05, 4.69) is 21.7 Å². The minimum Gasteiger partial charge on any atom is -0.404 e. The molecule has 0 bridgehead atoms. The van der Waals surface area contributed by atoms with Crippen molar-refractivity contribution in [1.29, 1.82) is 0 Å². The van der Waals surface area contributed by atoms with E-state index < -0.39 is 5.82 Å². The van der Waals surface area contributed by atoms with Crippen LogP contribution in [0.3, 0.4) is 0 Å². The van der Waals surface area contributed by atoms with Gasteiger partial charge in [-0.2, -0.15) is 9.97 Å². The zero-order valence-corrected chi connectivity index (χ0v) is 24.6. The molecule has 1 aliphatic heterocycles. The number of nitrogens with zero attached hydrogens (tertiary/aromatic N) is 6. The second kappa shape index (κ2) is 13.5. The number of allylic oxidation sites excluding steroid dienone is 1. The Hall–Kier alpha value is -2.82. The van der Waals surface area contributed by atoms with E-state index in [1.807, 2.05) is 27.1 Å². The lowest BCUT2D eigenvalue weighted by atomic mass is 10.1. The topological polar surface area (TPSA) is 92.8 Å². The fourth-order valence-corrected chi connectivity index (χ4v) is 5.11. The minimum absolute atomic E-state index is 0.0833. The number of unbranched alkanes of at least 4 members (excludes halogenated alkanes) is 1. The van der Waals surface area contributed by atoms with Gasteiger partial charge in [-0.15, -0.1) is 0 Å². The number of aliphatic imine (C=N–C) groups is 1.